The maximum absolute atomic E-state index is 13.5. The number of halogens is 2. The van der Waals surface area contributed by atoms with Crippen LogP contribution in [0.3, 0.4) is 0 Å². The highest BCUT2D eigenvalue weighted by Gasteiger charge is 2.36. The summed E-state index contributed by atoms with van der Waals surface area (Å²) in [5.41, 5.74) is 2.43. The predicted octanol–water partition coefficient (Wildman–Crippen LogP) is 3.89. The molecule has 0 fully saturated rings. The molecule has 1 aromatic carbocycles. The number of nitrogens with zero attached hydrogens (tertiary/aromatic N) is 1. The van der Waals surface area contributed by atoms with Gasteiger partial charge in [0.25, 0.3) is 0 Å². The van der Waals surface area contributed by atoms with Crippen LogP contribution in [-0.4, -0.2) is 26.3 Å². The number of ether oxygens (including phenoxy) is 2. The molecule has 2 rings (SSSR count). The minimum absolute atomic E-state index is 0.159. The molecule has 7 heteroatoms. The van der Waals surface area contributed by atoms with E-state index in [9.17, 15) is 9.18 Å². The zero-order valence-electron chi connectivity index (χ0n) is 14.2. The molecular formula is C18H18BrFN2O3. The van der Waals surface area contributed by atoms with Gasteiger partial charge in [0, 0.05) is 17.3 Å². The van der Waals surface area contributed by atoms with E-state index in [1.807, 2.05) is 0 Å². The Morgan fingerprint density at radius 1 is 1.48 bits per heavy atom. The topological polar surface area (TPSA) is 51.9 Å². The van der Waals surface area contributed by atoms with E-state index in [1.165, 1.54) is 19.2 Å². The van der Waals surface area contributed by atoms with Gasteiger partial charge in [-0.25, -0.2) is 14.0 Å². The van der Waals surface area contributed by atoms with Crippen molar-refractivity contribution in [1.29, 1.82) is 0 Å². The van der Waals surface area contributed by atoms with Crippen LogP contribution in [0.2, 0.25) is 0 Å². The quantitative estimate of drug-likeness (QED) is 0.592. The van der Waals surface area contributed by atoms with Gasteiger partial charge in [-0.1, -0.05) is 22.0 Å². The lowest BCUT2D eigenvalue weighted by Gasteiger charge is -2.30. The maximum Gasteiger partial charge on any atom is 0.335 e. The second-order valence-electron chi connectivity index (χ2n) is 5.39. The SMILES string of the molecule is [C-]#[N+]C1=C(C)NC(COC)=C(C(=O)OCC)C1c1ccc(F)cc1Br. The van der Waals surface area contributed by atoms with E-state index in [0.29, 0.717) is 32.7 Å². The van der Waals surface area contributed by atoms with Crippen molar-refractivity contribution in [2.45, 2.75) is 19.8 Å². The third-order valence-corrected chi connectivity index (χ3v) is 4.47. The Morgan fingerprint density at radius 2 is 2.20 bits per heavy atom. The molecule has 1 atom stereocenters. The van der Waals surface area contributed by atoms with Crippen molar-refractivity contribution in [3.8, 4) is 0 Å². The Bertz CT molecular complexity index is 796. The molecule has 1 aliphatic heterocycles. The van der Waals surface area contributed by atoms with E-state index >= 15 is 0 Å². The summed E-state index contributed by atoms with van der Waals surface area (Å²) in [6.07, 6.45) is 0. The molecule has 0 bridgehead atoms. The van der Waals surface area contributed by atoms with Gasteiger partial charge in [-0.05, 0) is 31.5 Å². The molecule has 0 saturated heterocycles. The number of esters is 1. The first kappa shape index (κ1) is 19.2. The van der Waals surface area contributed by atoms with Crippen molar-refractivity contribution in [3.05, 3.63) is 68.1 Å². The van der Waals surface area contributed by atoms with Crippen molar-refractivity contribution >= 4 is 21.9 Å². The first-order valence-corrected chi connectivity index (χ1v) is 8.43. The molecule has 0 spiro atoms. The third kappa shape index (κ3) is 3.91. The molecule has 0 aliphatic carbocycles. The fourth-order valence-corrected chi connectivity index (χ4v) is 3.36. The lowest BCUT2D eigenvalue weighted by Crippen LogP contribution is -2.31. The summed E-state index contributed by atoms with van der Waals surface area (Å²) in [5, 5.41) is 3.07. The van der Waals surface area contributed by atoms with Crippen LogP contribution >= 0.6 is 15.9 Å². The largest absolute Gasteiger partial charge is 0.463 e. The van der Waals surface area contributed by atoms with Crippen molar-refractivity contribution in [2.75, 3.05) is 20.3 Å². The molecule has 0 radical (unpaired) electrons. The van der Waals surface area contributed by atoms with Crippen LogP contribution in [0.25, 0.3) is 4.85 Å². The fraction of sp³-hybridized carbons (Fsp3) is 0.333. The Morgan fingerprint density at radius 3 is 2.76 bits per heavy atom. The smallest absolute Gasteiger partial charge is 0.335 e. The summed E-state index contributed by atoms with van der Waals surface area (Å²) in [4.78, 5) is 16.2. The Hall–Kier alpha value is -2.17. The fourth-order valence-electron chi connectivity index (χ4n) is 2.78. The number of dihydropyridines is 1. The molecular weight excluding hydrogens is 391 g/mol. The van der Waals surface area contributed by atoms with Gasteiger partial charge in [-0.3, -0.25) is 0 Å². The Balaban J connectivity index is 2.71. The highest BCUT2D eigenvalue weighted by Crippen LogP contribution is 2.42. The summed E-state index contributed by atoms with van der Waals surface area (Å²) in [6.45, 7) is 11.4. The standard InChI is InChI=1S/C18H18BrFN2O3/c1-5-25-18(23)16-14(9-24-4)22-10(2)17(21-3)15(16)12-7-6-11(20)8-13(12)19/h6-8,15,22H,5,9H2,1-2,4H3. The van der Waals surface area contributed by atoms with Crippen molar-refractivity contribution in [3.63, 3.8) is 0 Å². The normalized spacial score (nSPS) is 17.2. The highest BCUT2D eigenvalue weighted by atomic mass is 79.9. The molecule has 5 nitrogen and oxygen atoms in total. The lowest BCUT2D eigenvalue weighted by molar-refractivity contribution is -0.138. The number of allylic oxidation sites excluding steroid dienone is 2. The van der Waals surface area contributed by atoms with Gasteiger partial charge in [-0.15, -0.1) is 0 Å². The number of rotatable bonds is 5. The number of methoxy groups -OCH3 is 1. The summed E-state index contributed by atoms with van der Waals surface area (Å²) in [7, 11) is 1.52. The number of hydrogen-bond donors (Lipinski definition) is 1. The summed E-state index contributed by atoms with van der Waals surface area (Å²) < 4.78 is 24.4. The summed E-state index contributed by atoms with van der Waals surface area (Å²) in [5.74, 6) is -1.61. The second kappa shape index (κ2) is 8.28. The highest BCUT2D eigenvalue weighted by molar-refractivity contribution is 9.10. The molecule has 1 aliphatic rings. The molecule has 132 valence electrons. The van der Waals surface area contributed by atoms with E-state index in [2.05, 4.69) is 26.1 Å². The molecule has 0 aromatic heterocycles. The Labute approximate surface area is 154 Å². The van der Waals surface area contributed by atoms with Crippen molar-refractivity contribution < 1.29 is 18.7 Å². The first-order valence-electron chi connectivity index (χ1n) is 7.63. The second-order valence-corrected chi connectivity index (χ2v) is 6.25. The zero-order valence-corrected chi connectivity index (χ0v) is 15.7. The van der Waals surface area contributed by atoms with E-state index in [4.69, 9.17) is 16.0 Å². The van der Waals surface area contributed by atoms with E-state index in [-0.39, 0.29) is 13.2 Å². The van der Waals surface area contributed by atoms with E-state index in [0.717, 1.165) is 0 Å². The van der Waals surface area contributed by atoms with Crippen molar-refractivity contribution in [2.24, 2.45) is 0 Å². The van der Waals surface area contributed by atoms with Crippen LogP contribution in [0.4, 0.5) is 4.39 Å². The van der Waals surface area contributed by atoms with Gasteiger partial charge >= 0.3 is 5.97 Å². The number of hydrogen-bond acceptors (Lipinski definition) is 4. The molecule has 0 amide bonds. The van der Waals surface area contributed by atoms with Gasteiger partial charge in [0.15, 0.2) is 5.70 Å². The van der Waals surface area contributed by atoms with Gasteiger partial charge in [0.1, 0.15) is 5.82 Å². The number of carbonyl (C=O) groups is 1. The monoisotopic (exact) mass is 408 g/mol. The van der Waals surface area contributed by atoms with Crippen LogP contribution in [0.1, 0.15) is 25.3 Å². The molecule has 1 heterocycles. The predicted molar refractivity (Wildman–Crippen MR) is 94.8 cm³/mol. The van der Waals surface area contributed by atoms with E-state index < -0.39 is 17.7 Å². The van der Waals surface area contributed by atoms with Crippen LogP contribution in [0.5, 0.6) is 0 Å². The number of carbonyl (C=O) groups excluding carboxylic acids is 1. The summed E-state index contributed by atoms with van der Waals surface area (Å²) >= 11 is 3.34. The van der Waals surface area contributed by atoms with Crippen LogP contribution in [0, 0.1) is 12.4 Å². The zero-order chi connectivity index (χ0) is 18.6. The van der Waals surface area contributed by atoms with Crippen LogP contribution in [0.15, 0.2) is 45.3 Å². The van der Waals surface area contributed by atoms with Crippen LogP contribution in [-0.2, 0) is 14.3 Å². The average molecular weight is 409 g/mol. The first-order chi connectivity index (χ1) is 11.9. The van der Waals surface area contributed by atoms with Gasteiger partial charge in [0.05, 0.1) is 37.0 Å². The lowest BCUT2D eigenvalue weighted by atomic mass is 9.84. The van der Waals surface area contributed by atoms with Crippen molar-refractivity contribution in [1.82, 2.24) is 5.32 Å². The molecule has 1 aromatic rings. The number of nitrogens with one attached hydrogen (secondary N) is 1. The minimum atomic E-state index is -0.669. The summed E-state index contributed by atoms with van der Waals surface area (Å²) in [6, 6.07) is 4.18. The molecule has 1 unspecified atom stereocenters. The molecule has 0 saturated carbocycles. The average Bonchev–Trinajstić information content (AvgIpc) is 2.55. The Kier molecular flexibility index (Phi) is 6.34. The van der Waals surface area contributed by atoms with E-state index in [1.54, 1.807) is 19.9 Å². The number of benzene rings is 1. The van der Waals surface area contributed by atoms with Gasteiger partial charge in [-0.2, -0.15) is 0 Å². The van der Waals surface area contributed by atoms with Gasteiger partial charge < -0.3 is 14.8 Å². The third-order valence-electron chi connectivity index (χ3n) is 3.79. The molecule has 25 heavy (non-hydrogen) atoms. The van der Waals surface area contributed by atoms with Gasteiger partial charge in [0.2, 0.25) is 0 Å². The minimum Gasteiger partial charge on any atom is -0.463 e. The maximum atomic E-state index is 13.5. The molecule has 1 N–H and O–H groups in total. The van der Waals surface area contributed by atoms with Crippen LogP contribution < -0.4 is 5.32 Å².